The molecule has 0 aliphatic heterocycles. The lowest BCUT2D eigenvalue weighted by atomic mass is 9.95. The Morgan fingerprint density at radius 2 is 1.35 bits per heavy atom. The van der Waals surface area contributed by atoms with E-state index in [4.69, 9.17) is 0 Å². The first-order chi connectivity index (χ1) is 12.1. The van der Waals surface area contributed by atoms with Crippen LogP contribution >= 0.6 is 0 Å². The summed E-state index contributed by atoms with van der Waals surface area (Å²) >= 11 is 0. The summed E-state index contributed by atoms with van der Waals surface area (Å²) in [5, 5.41) is 9.37. The molecule has 154 valence electrons. The minimum absolute atomic E-state index is 0. The van der Waals surface area contributed by atoms with Gasteiger partial charge >= 0.3 is 0 Å². The second-order valence-corrected chi connectivity index (χ2v) is 8.54. The molecule has 1 aromatic heterocycles. The van der Waals surface area contributed by atoms with E-state index in [-0.39, 0.29) is 24.4 Å². The van der Waals surface area contributed by atoms with E-state index in [2.05, 4.69) is 48.6 Å². The van der Waals surface area contributed by atoms with Gasteiger partial charge < -0.3 is 17.5 Å². The molecular weight excluding hydrogens is 344 g/mol. The van der Waals surface area contributed by atoms with Gasteiger partial charge in [-0.15, -0.1) is 0 Å². The largest absolute Gasteiger partial charge is 1.00 e. The highest BCUT2D eigenvalue weighted by molar-refractivity contribution is 4.68. The molecule has 0 aliphatic rings. The number of aliphatic hydroxyl groups excluding tert-OH is 1. The van der Waals surface area contributed by atoms with Crippen molar-refractivity contribution in [3.05, 3.63) is 18.7 Å². The van der Waals surface area contributed by atoms with Crippen LogP contribution in [0.25, 0.3) is 0 Å². The predicted molar refractivity (Wildman–Crippen MR) is 107 cm³/mol. The Balaban J connectivity index is 0.00000625. The summed E-state index contributed by atoms with van der Waals surface area (Å²) in [5.74, 6) is 0. The van der Waals surface area contributed by atoms with Crippen molar-refractivity contribution >= 4 is 0 Å². The Morgan fingerprint density at radius 1 is 0.846 bits per heavy atom. The number of hydrogen-bond donors (Lipinski definition) is 1. The number of nitrogens with zero attached hydrogens (tertiary/aromatic N) is 2. The summed E-state index contributed by atoms with van der Waals surface area (Å²) in [6.45, 7) is 8.69. The smallest absolute Gasteiger partial charge is 0.243 e. The molecule has 1 N–H and O–H groups in total. The molecular formula is C22H43ClN2O. The topological polar surface area (TPSA) is 29.0 Å². The van der Waals surface area contributed by atoms with Crippen molar-refractivity contribution in [1.82, 2.24) is 4.57 Å². The number of hydrogen-bond acceptors (Lipinski definition) is 1. The molecule has 0 aromatic carbocycles. The first-order valence-corrected chi connectivity index (χ1v) is 10.7. The van der Waals surface area contributed by atoms with E-state index in [0.29, 0.717) is 0 Å². The van der Waals surface area contributed by atoms with Crippen LogP contribution in [0.4, 0.5) is 0 Å². The molecule has 4 heteroatoms. The third-order valence-corrected chi connectivity index (χ3v) is 5.05. The van der Waals surface area contributed by atoms with Gasteiger partial charge in [0.05, 0.1) is 19.7 Å². The number of halogens is 1. The van der Waals surface area contributed by atoms with E-state index in [1.165, 1.54) is 77.0 Å². The molecule has 26 heavy (non-hydrogen) atoms. The fraction of sp³-hybridized carbons (Fsp3) is 0.864. The highest BCUT2D eigenvalue weighted by Crippen LogP contribution is 2.14. The predicted octanol–water partition coefficient (Wildman–Crippen LogP) is 2.50. The first kappa shape index (κ1) is 25.5. The van der Waals surface area contributed by atoms with Crippen molar-refractivity contribution < 1.29 is 22.1 Å². The lowest BCUT2D eigenvalue weighted by molar-refractivity contribution is -0.708. The van der Waals surface area contributed by atoms with Gasteiger partial charge in [0, 0.05) is 5.41 Å². The zero-order valence-electron chi connectivity index (χ0n) is 17.6. The van der Waals surface area contributed by atoms with Gasteiger partial charge in [0.1, 0.15) is 12.4 Å². The molecule has 0 radical (unpaired) electrons. The van der Waals surface area contributed by atoms with Crippen molar-refractivity contribution in [2.45, 2.75) is 111 Å². The SMILES string of the molecule is CCCCCCCCCCCCCCn1cc[n+](CC(C)(C)CO)c1.[Cl-]. The van der Waals surface area contributed by atoms with Crippen LogP contribution < -0.4 is 17.0 Å². The number of imidazole rings is 1. The number of rotatable bonds is 16. The quantitative estimate of drug-likeness (QED) is 0.343. The zero-order valence-corrected chi connectivity index (χ0v) is 18.3. The van der Waals surface area contributed by atoms with Gasteiger partial charge in [-0.25, -0.2) is 9.13 Å². The molecule has 0 atom stereocenters. The Hall–Kier alpha value is -0.540. The molecule has 0 bridgehead atoms. The van der Waals surface area contributed by atoms with E-state index < -0.39 is 0 Å². The number of aliphatic hydroxyl groups is 1. The van der Waals surface area contributed by atoms with Crippen LogP contribution in [-0.4, -0.2) is 16.3 Å². The lowest BCUT2D eigenvalue weighted by Gasteiger charge is -2.18. The molecule has 1 aromatic rings. The van der Waals surface area contributed by atoms with E-state index in [1.54, 1.807) is 0 Å². The third-order valence-electron chi connectivity index (χ3n) is 5.05. The average Bonchev–Trinajstić information content (AvgIpc) is 3.02. The van der Waals surface area contributed by atoms with Gasteiger partial charge in [0.15, 0.2) is 0 Å². The van der Waals surface area contributed by atoms with Gasteiger partial charge in [-0.1, -0.05) is 85.0 Å². The molecule has 1 heterocycles. The minimum Gasteiger partial charge on any atom is -1.00 e. The van der Waals surface area contributed by atoms with E-state index >= 15 is 0 Å². The van der Waals surface area contributed by atoms with Crippen molar-refractivity contribution in [2.24, 2.45) is 5.41 Å². The van der Waals surface area contributed by atoms with Gasteiger partial charge in [-0.05, 0) is 12.8 Å². The maximum Gasteiger partial charge on any atom is 0.243 e. The fourth-order valence-electron chi connectivity index (χ4n) is 3.34. The molecule has 0 fully saturated rings. The second kappa shape index (κ2) is 15.5. The summed E-state index contributed by atoms with van der Waals surface area (Å²) in [6, 6.07) is 0. The second-order valence-electron chi connectivity index (χ2n) is 8.54. The number of unbranched alkanes of at least 4 members (excludes halogenated alkanes) is 11. The van der Waals surface area contributed by atoms with Gasteiger partial charge in [0.2, 0.25) is 6.33 Å². The van der Waals surface area contributed by atoms with E-state index in [9.17, 15) is 5.11 Å². The molecule has 0 spiro atoms. The standard InChI is InChI=1S/C22H43N2O.ClH/c1-4-5-6-7-8-9-10-11-12-13-14-15-16-23-17-18-24(21-23)19-22(2,3)20-25;/h17-18,21,25H,4-16,19-20H2,1-3H3;1H/q+1;/p-1. The molecule has 0 saturated carbocycles. The Morgan fingerprint density at radius 3 is 1.85 bits per heavy atom. The summed E-state index contributed by atoms with van der Waals surface area (Å²) in [4.78, 5) is 0. The summed E-state index contributed by atoms with van der Waals surface area (Å²) in [5.41, 5.74) is -0.0488. The van der Waals surface area contributed by atoms with Crippen LogP contribution in [0, 0.1) is 5.41 Å². The van der Waals surface area contributed by atoms with Gasteiger partial charge in [-0.3, -0.25) is 0 Å². The van der Waals surface area contributed by atoms with Gasteiger partial charge in [0.25, 0.3) is 0 Å². The third kappa shape index (κ3) is 12.8. The van der Waals surface area contributed by atoms with Crippen LogP contribution in [-0.2, 0) is 13.1 Å². The molecule has 3 nitrogen and oxygen atoms in total. The Labute approximate surface area is 168 Å². The maximum absolute atomic E-state index is 9.37. The van der Waals surface area contributed by atoms with Crippen molar-refractivity contribution in [3.63, 3.8) is 0 Å². The highest BCUT2D eigenvalue weighted by atomic mass is 35.5. The lowest BCUT2D eigenvalue weighted by Crippen LogP contribution is -3.00. The molecule has 0 aliphatic carbocycles. The molecule has 0 amide bonds. The number of aryl methyl sites for hydroxylation is 1. The maximum atomic E-state index is 9.37. The fourth-order valence-corrected chi connectivity index (χ4v) is 3.34. The van der Waals surface area contributed by atoms with Crippen LogP contribution in [0.5, 0.6) is 0 Å². The Kier molecular flexibility index (Phi) is 15.2. The molecule has 0 saturated heterocycles. The zero-order chi connectivity index (χ0) is 18.4. The summed E-state index contributed by atoms with van der Waals surface area (Å²) < 4.78 is 4.47. The van der Waals surface area contributed by atoms with Crippen LogP contribution in [0.15, 0.2) is 18.7 Å². The van der Waals surface area contributed by atoms with Crippen molar-refractivity contribution in [1.29, 1.82) is 0 Å². The van der Waals surface area contributed by atoms with Crippen molar-refractivity contribution in [2.75, 3.05) is 6.61 Å². The summed E-state index contributed by atoms with van der Waals surface area (Å²) in [6.07, 6.45) is 23.3. The first-order valence-electron chi connectivity index (χ1n) is 10.7. The molecule has 1 rings (SSSR count). The highest BCUT2D eigenvalue weighted by Gasteiger charge is 2.20. The van der Waals surface area contributed by atoms with E-state index in [1.807, 2.05) is 0 Å². The van der Waals surface area contributed by atoms with Crippen LogP contribution in [0.3, 0.4) is 0 Å². The summed E-state index contributed by atoms with van der Waals surface area (Å²) in [7, 11) is 0. The minimum atomic E-state index is -0.0488. The molecule has 0 unspecified atom stereocenters. The Bertz CT molecular complexity index is 432. The van der Waals surface area contributed by atoms with Gasteiger partial charge in [-0.2, -0.15) is 0 Å². The van der Waals surface area contributed by atoms with Crippen LogP contribution in [0.2, 0.25) is 0 Å². The van der Waals surface area contributed by atoms with Crippen molar-refractivity contribution in [3.8, 4) is 0 Å². The van der Waals surface area contributed by atoms with Crippen LogP contribution in [0.1, 0.15) is 97.8 Å². The monoisotopic (exact) mass is 386 g/mol. The number of aromatic nitrogens is 2. The average molecular weight is 387 g/mol. The normalized spacial score (nSPS) is 11.5. The van der Waals surface area contributed by atoms with E-state index in [0.717, 1.165) is 13.1 Å².